The summed E-state index contributed by atoms with van der Waals surface area (Å²) in [5.41, 5.74) is 6.76. The summed E-state index contributed by atoms with van der Waals surface area (Å²) < 4.78 is 0. The molecular weight excluding hydrogens is 238 g/mol. The Bertz CT molecular complexity index is 429. The maximum absolute atomic E-state index is 11.8. The highest BCUT2D eigenvalue weighted by molar-refractivity contribution is 5.82. The van der Waals surface area contributed by atoms with Gasteiger partial charge in [0, 0.05) is 6.54 Å². The Kier molecular flexibility index (Phi) is 5.55. The van der Waals surface area contributed by atoms with Gasteiger partial charge in [-0.15, -0.1) is 0 Å². The molecule has 0 amide bonds. The van der Waals surface area contributed by atoms with Crippen molar-refractivity contribution in [2.75, 3.05) is 6.54 Å². The molecule has 0 radical (unpaired) electrons. The zero-order chi connectivity index (χ0) is 14.5. The smallest absolute Gasteiger partial charge is 0.315 e. The number of aryl methyl sites for hydroxylation is 1. The lowest BCUT2D eigenvalue weighted by Gasteiger charge is -2.30. The summed E-state index contributed by atoms with van der Waals surface area (Å²) in [6, 6.07) is 7.66. The van der Waals surface area contributed by atoms with E-state index in [-0.39, 0.29) is 6.54 Å². The lowest BCUT2D eigenvalue weighted by Crippen LogP contribution is -2.43. The molecular formula is C16H25NO2. The Morgan fingerprint density at radius 3 is 2.47 bits per heavy atom. The van der Waals surface area contributed by atoms with E-state index in [1.807, 2.05) is 31.2 Å². The largest absolute Gasteiger partial charge is 0.481 e. The molecule has 3 heteroatoms. The third-order valence-corrected chi connectivity index (χ3v) is 3.80. The van der Waals surface area contributed by atoms with E-state index in [0.717, 1.165) is 24.0 Å². The molecule has 1 aromatic rings. The predicted molar refractivity (Wildman–Crippen MR) is 78.2 cm³/mol. The highest BCUT2D eigenvalue weighted by Crippen LogP contribution is 2.32. The number of benzene rings is 1. The van der Waals surface area contributed by atoms with Crippen molar-refractivity contribution in [2.24, 2.45) is 11.7 Å². The molecule has 19 heavy (non-hydrogen) atoms. The van der Waals surface area contributed by atoms with E-state index in [9.17, 15) is 9.90 Å². The summed E-state index contributed by atoms with van der Waals surface area (Å²) >= 11 is 0. The maximum Gasteiger partial charge on any atom is 0.315 e. The van der Waals surface area contributed by atoms with E-state index < -0.39 is 11.4 Å². The monoisotopic (exact) mass is 263 g/mol. The van der Waals surface area contributed by atoms with Gasteiger partial charge >= 0.3 is 5.97 Å². The van der Waals surface area contributed by atoms with Gasteiger partial charge in [-0.1, -0.05) is 51.0 Å². The molecule has 0 saturated carbocycles. The van der Waals surface area contributed by atoms with Gasteiger partial charge in [0.2, 0.25) is 0 Å². The van der Waals surface area contributed by atoms with Gasteiger partial charge in [0.05, 0.1) is 0 Å². The normalized spacial score (nSPS) is 14.4. The zero-order valence-corrected chi connectivity index (χ0v) is 12.1. The number of nitrogens with two attached hydrogens (primary N) is 1. The number of aliphatic carboxylic acids is 1. The first-order valence-corrected chi connectivity index (χ1v) is 6.93. The fraction of sp³-hybridized carbons (Fsp3) is 0.562. The number of rotatable bonds is 7. The quantitative estimate of drug-likeness (QED) is 0.794. The molecule has 0 spiro atoms. The molecule has 0 aliphatic carbocycles. The van der Waals surface area contributed by atoms with Gasteiger partial charge in [-0.05, 0) is 30.4 Å². The van der Waals surface area contributed by atoms with Gasteiger partial charge in [0.15, 0.2) is 0 Å². The summed E-state index contributed by atoms with van der Waals surface area (Å²) in [5, 5.41) is 9.69. The van der Waals surface area contributed by atoms with Crippen LogP contribution in [0.2, 0.25) is 0 Å². The molecule has 106 valence electrons. The van der Waals surface area contributed by atoms with Crippen LogP contribution in [0.4, 0.5) is 0 Å². The van der Waals surface area contributed by atoms with Crippen molar-refractivity contribution in [1.82, 2.24) is 0 Å². The van der Waals surface area contributed by atoms with Crippen LogP contribution < -0.4 is 5.73 Å². The van der Waals surface area contributed by atoms with Crippen LogP contribution >= 0.6 is 0 Å². The maximum atomic E-state index is 11.8. The number of carboxylic acids is 1. The summed E-state index contributed by atoms with van der Waals surface area (Å²) in [5.74, 6) is -0.228. The van der Waals surface area contributed by atoms with Crippen molar-refractivity contribution in [3.8, 4) is 0 Å². The van der Waals surface area contributed by atoms with Crippen LogP contribution in [-0.2, 0) is 10.2 Å². The summed E-state index contributed by atoms with van der Waals surface area (Å²) in [6.07, 6.45) is 2.51. The van der Waals surface area contributed by atoms with E-state index >= 15 is 0 Å². The third-order valence-electron chi connectivity index (χ3n) is 3.80. The molecule has 1 aromatic carbocycles. The van der Waals surface area contributed by atoms with Gasteiger partial charge in [-0.2, -0.15) is 0 Å². The van der Waals surface area contributed by atoms with Crippen LogP contribution in [0.15, 0.2) is 24.3 Å². The van der Waals surface area contributed by atoms with Crippen molar-refractivity contribution in [3.05, 3.63) is 35.4 Å². The Labute approximate surface area is 115 Å². The Hall–Kier alpha value is -1.35. The zero-order valence-electron chi connectivity index (χ0n) is 12.1. The number of hydrogen-bond acceptors (Lipinski definition) is 2. The fourth-order valence-corrected chi connectivity index (χ4v) is 2.58. The molecule has 3 nitrogen and oxygen atoms in total. The first-order valence-electron chi connectivity index (χ1n) is 6.93. The lowest BCUT2D eigenvalue weighted by molar-refractivity contribution is -0.143. The Balaban J connectivity index is 3.06. The minimum atomic E-state index is -0.944. The standard InChI is InChI=1S/C16H25NO2/c1-12(2)7-6-10-16(11-17,15(18)19)14-9-5-4-8-13(14)3/h4-5,8-9,12H,6-7,10-11,17H2,1-3H3,(H,18,19). The fourth-order valence-electron chi connectivity index (χ4n) is 2.58. The van der Waals surface area contributed by atoms with E-state index in [1.54, 1.807) is 0 Å². The van der Waals surface area contributed by atoms with Crippen LogP contribution in [0.5, 0.6) is 0 Å². The summed E-state index contributed by atoms with van der Waals surface area (Å²) in [7, 11) is 0. The second-order valence-electron chi connectivity index (χ2n) is 5.69. The molecule has 0 aliphatic rings. The molecule has 1 unspecified atom stereocenters. The summed E-state index contributed by atoms with van der Waals surface area (Å²) in [6.45, 7) is 6.40. The topological polar surface area (TPSA) is 63.3 Å². The van der Waals surface area contributed by atoms with E-state index in [0.29, 0.717) is 12.3 Å². The highest BCUT2D eigenvalue weighted by atomic mass is 16.4. The molecule has 0 aliphatic heterocycles. The van der Waals surface area contributed by atoms with E-state index in [4.69, 9.17) is 5.73 Å². The molecule has 0 saturated heterocycles. The van der Waals surface area contributed by atoms with Crippen molar-refractivity contribution < 1.29 is 9.90 Å². The average molecular weight is 263 g/mol. The second-order valence-corrected chi connectivity index (χ2v) is 5.69. The summed E-state index contributed by atoms with van der Waals surface area (Å²) in [4.78, 5) is 11.8. The van der Waals surface area contributed by atoms with Gasteiger partial charge in [-0.3, -0.25) is 4.79 Å². The second kappa shape index (κ2) is 6.71. The first-order chi connectivity index (χ1) is 8.94. The van der Waals surface area contributed by atoms with Crippen LogP contribution in [0, 0.1) is 12.8 Å². The Morgan fingerprint density at radius 1 is 1.37 bits per heavy atom. The van der Waals surface area contributed by atoms with Crippen LogP contribution in [0.3, 0.4) is 0 Å². The molecule has 0 bridgehead atoms. The van der Waals surface area contributed by atoms with Gasteiger partial charge < -0.3 is 10.8 Å². The van der Waals surface area contributed by atoms with Gasteiger partial charge in [0.25, 0.3) is 0 Å². The van der Waals surface area contributed by atoms with Gasteiger partial charge in [0.1, 0.15) is 5.41 Å². The van der Waals surface area contributed by atoms with Gasteiger partial charge in [-0.25, -0.2) is 0 Å². The third kappa shape index (κ3) is 3.57. The number of carbonyl (C=O) groups is 1. The lowest BCUT2D eigenvalue weighted by atomic mass is 9.74. The number of hydrogen-bond donors (Lipinski definition) is 2. The Morgan fingerprint density at radius 2 is 2.00 bits per heavy atom. The molecule has 0 aromatic heterocycles. The van der Waals surface area contributed by atoms with E-state index in [2.05, 4.69) is 13.8 Å². The van der Waals surface area contributed by atoms with Crippen molar-refractivity contribution >= 4 is 5.97 Å². The van der Waals surface area contributed by atoms with Crippen molar-refractivity contribution in [3.63, 3.8) is 0 Å². The molecule has 1 atom stereocenters. The van der Waals surface area contributed by atoms with E-state index in [1.165, 1.54) is 0 Å². The van der Waals surface area contributed by atoms with Crippen LogP contribution in [0.25, 0.3) is 0 Å². The first kappa shape index (κ1) is 15.7. The molecule has 1 rings (SSSR count). The average Bonchev–Trinajstić information content (AvgIpc) is 2.35. The minimum absolute atomic E-state index is 0.144. The molecule has 0 fully saturated rings. The van der Waals surface area contributed by atoms with Crippen molar-refractivity contribution in [1.29, 1.82) is 0 Å². The minimum Gasteiger partial charge on any atom is -0.481 e. The van der Waals surface area contributed by atoms with Crippen LogP contribution in [-0.4, -0.2) is 17.6 Å². The molecule has 0 heterocycles. The van der Waals surface area contributed by atoms with Crippen LogP contribution in [0.1, 0.15) is 44.2 Å². The van der Waals surface area contributed by atoms with Crippen molar-refractivity contribution in [2.45, 2.75) is 45.4 Å². The predicted octanol–water partition coefficient (Wildman–Crippen LogP) is 3.10. The SMILES string of the molecule is Cc1ccccc1C(CN)(CCCC(C)C)C(=O)O. The molecule has 3 N–H and O–H groups in total. The number of carboxylic acid groups (broad SMARTS) is 1. The highest BCUT2D eigenvalue weighted by Gasteiger charge is 2.39.